The molecule has 1 aliphatic carbocycles. The topological polar surface area (TPSA) is 80.1 Å². The van der Waals surface area contributed by atoms with Gasteiger partial charge in [0.05, 0.1) is 5.92 Å². The molecule has 2 fully saturated rings. The Morgan fingerprint density at radius 3 is 2.92 bits per heavy atom. The molecule has 7 nitrogen and oxygen atoms in total. The summed E-state index contributed by atoms with van der Waals surface area (Å²) in [5.41, 5.74) is 0.888. The number of nitrogens with one attached hydrogen (secondary N) is 1. The monoisotopic (exact) mass is 339 g/mol. The van der Waals surface area contributed by atoms with Crippen LogP contribution in [0.2, 0.25) is 0 Å². The molecule has 130 valence electrons. The van der Waals surface area contributed by atoms with E-state index in [1.54, 1.807) is 17.1 Å². The van der Waals surface area contributed by atoms with Crippen molar-refractivity contribution >= 4 is 11.8 Å². The van der Waals surface area contributed by atoms with Crippen LogP contribution in [0.1, 0.15) is 24.8 Å². The Morgan fingerprint density at radius 1 is 1.28 bits per heavy atom. The maximum absolute atomic E-state index is 12.5. The normalized spacial score (nSPS) is 20.1. The number of amides is 2. The Kier molecular flexibility index (Phi) is 4.21. The Hall–Kier alpha value is -2.70. The minimum atomic E-state index is -0.254. The van der Waals surface area contributed by atoms with Crippen LogP contribution in [-0.2, 0) is 16.1 Å². The lowest BCUT2D eigenvalue weighted by molar-refractivity contribution is -0.129. The number of carbonyl (C=O) groups is 2. The van der Waals surface area contributed by atoms with Gasteiger partial charge < -0.3 is 10.2 Å². The molecule has 2 amide bonds. The van der Waals surface area contributed by atoms with Gasteiger partial charge in [-0.2, -0.15) is 5.10 Å². The van der Waals surface area contributed by atoms with E-state index in [2.05, 4.69) is 15.4 Å². The zero-order chi connectivity index (χ0) is 17.2. The highest BCUT2D eigenvalue weighted by Gasteiger charge is 2.37. The van der Waals surface area contributed by atoms with Crippen molar-refractivity contribution in [1.82, 2.24) is 25.0 Å². The third kappa shape index (κ3) is 3.55. The van der Waals surface area contributed by atoms with Crippen LogP contribution in [0.5, 0.6) is 0 Å². The van der Waals surface area contributed by atoms with Crippen LogP contribution in [-0.4, -0.2) is 44.6 Å². The predicted molar refractivity (Wildman–Crippen MR) is 90.6 cm³/mol. The van der Waals surface area contributed by atoms with Gasteiger partial charge in [0.2, 0.25) is 11.8 Å². The van der Waals surface area contributed by atoms with E-state index in [1.807, 2.05) is 29.3 Å². The Balaban J connectivity index is 1.37. The van der Waals surface area contributed by atoms with Crippen molar-refractivity contribution in [1.29, 1.82) is 0 Å². The van der Waals surface area contributed by atoms with Crippen LogP contribution in [0.3, 0.4) is 0 Å². The molecular formula is C18H21N5O2. The molecule has 0 aromatic carbocycles. The maximum atomic E-state index is 12.5. The number of nitrogens with zero attached hydrogens (tertiary/aromatic N) is 4. The summed E-state index contributed by atoms with van der Waals surface area (Å²) >= 11 is 0. The fourth-order valence-corrected chi connectivity index (χ4v) is 3.23. The molecule has 3 heterocycles. The van der Waals surface area contributed by atoms with Crippen LogP contribution in [0.4, 0.5) is 0 Å². The quantitative estimate of drug-likeness (QED) is 0.856. The number of aromatic nitrogens is 3. The summed E-state index contributed by atoms with van der Waals surface area (Å²) in [4.78, 5) is 30.7. The molecule has 1 N–H and O–H groups in total. The molecule has 7 heteroatoms. The minimum Gasteiger partial charge on any atom is -0.352 e. The lowest BCUT2D eigenvalue weighted by Gasteiger charge is -2.16. The van der Waals surface area contributed by atoms with E-state index in [0.29, 0.717) is 31.2 Å². The molecule has 2 aromatic rings. The minimum absolute atomic E-state index is 0.0677. The van der Waals surface area contributed by atoms with Crippen molar-refractivity contribution in [3.05, 3.63) is 42.4 Å². The Morgan fingerprint density at radius 2 is 2.16 bits per heavy atom. The lowest BCUT2D eigenvalue weighted by Crippen LogP contribution is -2.33. The van der Waals surface area contributed by atoms with Gasteiger partial charge in [-0.25, -0.2) is 9.67 Å². The van der Waals surface area contributed by atoms with Crippen molar-refractivity contribution in [2.75, 3.05) is 13.1 Å². The molecule has 0 bridgehead atoms. The highest BCUT2D eigenvalue weighted by Crippen LogP contribution is 2.32. The Labute approximate surface area is 146 Å². The van der Waals surface area contributed by atoms with E-state index in [1.165, 1.54) is 12.8 Å². The zero-order valence-corrected chi connectivity index (χ0v) is 14.0. The first kappa shape index (κ1) is 15.8. The van der Waals surface area contributed by atoms with Crippen LogP contribution in [0.15, 0.2) is 36.8 Å². The van der Waals surface area contributed by atoms with Gasteiger partial charge in [-0.05, 0) is 30.9 Å². The van der Waals surface area contributed by atoms with E-state index in [4.69, 9.17) is 0 Å². The molecule has 1 saturated heterocycles. The summed E-state index contributed by atoms with van der Waals surface area (Å²) < 4.78 is 1.68. The summed E-state index contributed by atoms with van der Waals surface area (Å²) in [6.07, 6.45) is 7.94. The van der Waals surface area contributed by atoms with Crippen molar-refractivity contribution in [2.24, 2.45) is 11.8 Å². The largest absolute Gasteiger partial charge is 0.352 e. The molecule has 2 aromatic heterocycles. The summed E-state index contributed by atoms with van der Waals surface area (Å²) in [6.45, 7) is 1.73. The van der Waals surface area contributed by atoms with Gasteiger partial charge in [-0.1, -0.05) is 6.07 Å². The second kappa shape index (κ2) is 6.66. The van der Waals surface area contributed by atoms with E-state index in [-0.39, 0.29) is 17.7 Å². The molecule has 4 rings (SSSR count). The smallest absolute Gasteiger partial charge is 0.225 e. The lowest BCUT2D eigenvalue weighted by atomic mass is 10.1. The molecule has 1 saturated carbocycles. The van der Waals surface area contributed by atoms with Gasteiger partial charge in [-0.3, -0.25) is 9.59 Å². The van der Waals surface area contributed by atoms with E-state index >= 15 is 0 Å². The van der Waals surface area contributed by atoms with Crippen molar-refractivity contribution in [3.63, 3.8) is 0 Å². The van der Waals surface area contributed by atoms with Gasteiger partial charge in [0.15, 0.2) is 5.82 Å². The maximum Gasteiger partial charge on any atom is 0.225 e. The molecule has 1 aliphatic heterocycles. The number of rotatable bonds is 6. The SMILES string of the molecule is O=C(NCc1cccnc1-n1cccn1)[C@H]1CC(=O)N(CC2CC2)C1. The fraction of sp³-hybridized carbons (Fsp3) is 0.444. The summed E-state index contributed by atoms with van der Waals surface area (Å²) in [7, 11) is 0. The van der Waals surface area contributed by atoms with Gasteiger partial charge >= 0.3 is 0 Å². The first-order chi connectivity index (χ1) is 12.2. The van der Waals surface area contributed by atoms with E-state index < -0.39 is 0 Å². The average Bonchev–Trinajstić information content (AvgIpc) is 3.13. The third-order valence-corrected chi connectivity index (χ3v) is 4.80. The number of hydrogen-bond acceptors (Lipinski definition) is 4. The Bertz CT molecular complexity index is 770. The highest BCUT2D eigenvalue weighted by molar-refractivity contribution is 5.89. The molecule has 2 aliphatic rings. The molecule has 0 radical (unpaired) electrons. The second-order valence-electron chi connectivity index (χ2n) is 6.80. The van der Waals surface area contributed by atoms with Crippen LogP contribution >= 0.6 is 0 Å². The molecule has 25 heavy (non-hydrogen) atoms. The standard InChI is InChI=1S/C18H21N5O2/c24-16-9-15(12-22(16)11-13-4-5-13)18(25)20-10-14-3-1-6-19-17(14)23-8-2-7-21-23/h1-3,6-8,13,15H,4-5,9-12H2,(H,20,25)/t15-/m0/s1. The average molecular weight is 339 g/mol. The van der Waals surface area contributed by atoms with Gasteiger partial charge in [0.1, 0.15) is 0 Å². The fourth-order valence-electron chi connectivity index (χ4n) is 3.23. The predicted octanol–water partition coefficient (Wildman–Crippen LogP) is 1.14. The summed E-state index contributed by atoms with van der Waals surface area (Å²) in [6, 6.07) is 5.59. The zero-order valence-electron chi connectivity index (χ0n) is 14.0. The van der Waals surface area contributed by atoms with Crippen LogP contribution < -0.4 is 5.32 Å². The van der Waals surface area contributed by atoms with Crippen LogP contribution in [0, 0.1) is 11.8 Å². The first-order valence-electron chi connectivity index (χ1n) is 8.70. The van der Waals surface area contributed by atoms with Crippen molar-refractivity contribution < 1.29 is 9.59 Å². The van der Waals surface area contributed by atoms with E-state index in [9.17, 15) is 9.59 Å². The number of hydrogen-bond donors (Lipinski definition) is 1. The highest BCUT2D eigenvalue weighted by atomic mass is 16.2. The molecule has 0 spiro atoms. The summed E-state index contributed by atoms with van der Waals surface area (Å²) in [5, 5.41) is 7.15. The van der Waals surface area contributed by atoms with Crippen LogP contribution in [0.25, 0.3) is 5.82 Å². The number of carbonyl (C=O) groups excluding carboxylic acids is 2. The van der Waals surface area contributed by atoms with Gasteiger partial charge in [0.25, 0.3) is 0 Å². The van der Waals surface area contributed by atoms with Crippen molar-refractivity contribution in [3.8, 4) is 5.82 Å². The van der Waals surface area contributed by atoms with Crippen molar-refractivity contribution in [2.45, 2.75) is 25.8 Å². The number of pyridine rings is 1. The van der Waals surface area contributed by atoms with Gasteiger partial charge in [0, 0.05) is 50.2 Å². The van der Waals surface area contributed by atoms with Gasteiger partial charge in [-0.15, -0.1) is 0 Å². The molecular weight excluding hydrogens is 318 g/mol. The summed E-state index contributed by atoms with van der Waals surface area (Å²) in [5.74, 6) is 1.13. The van der Waals surface area contributed by atoms with E-state index in [0.717, 1.165) is 12.1 Å². The third-order valence-electron chi connectivity index (χ3n) is 4.80. The molecule has 0 unspecified atom stereocenters. The number of likely N-dealkylation sites (tertiary alicyclic amines) is 1. The molecule has 1 atom stereocenters. The second-order valence-corrected chi connectivity index (χ2v) is 6.80. The first-order valence-corrected chi connectivity index (χ1v) is 8.70.